The second-order valence-corrected chi connectivity index (χ2v) is 9.27. The van der Waals surface area contributed by atoms with Crippen LogP contribution in [0.15, 0.2) is 54.7 Å². The van der Waals surface area contributed by atoms with Crippen molar-refractivity contribution in [2.45, 2.75) is 39.2 Å². The normalized spacial score (nSPS) is 17.4. The fourth-order valence-electron chi connectivity index (χ4n) is 4.65. The quantitative estimate of drug-likeness (QED) is 0.302. The number of carbonyl (C=O) groups excluding carboxylic acids is 2. The summed E-state index contributed by atoms with van der Waals surface area (Å²) in [5, 5.41) is 16.4. The van der Waals surface area contributed by atoms with Gasteiger partial charge in [-0.3, -0.25) is 14.6 Å². The first-order chi connectivity index (χ1) is 17.5. The standard InChI is InChI=1S/C29H33N3O4/c1-19-23(7-3-9-25(19)32-29(35)26-12-11-21(18-33)16-31-26)24-8-4-10-28(20(24)2)36-15-5-6-22-17-30-14-13-27(22)34/h3-4,7-12,16,18,22,27,30,34H,5-6,13-15,17H2,1-2H3,(H,32,35)/t22?,27-/m1/s1. The van der Waals surface area contributed by atoms with Gasteiger partial charge in [-0.1, -0.05) is 24.3 Å². The molecule has 1 aliphatic heterocycles. The summed E-state index contributed by atoms with van der Waals surface area (Å²) in [5.74, 6) is 0.788. The summed E-state index contributed by atoms with van der Waals surface area (Å²) in [6, 6.07) is 14.9. The number of anilines is 1. The lowest BCUT2D eigenvalue weighted by Gasteiger charge is -2.28. The zero-order valence-corrected chi connectivity index (χ0v) is 20.8. The number of aldehydes is 1. The molecule has 0 bridgehead atoms. The van der Waals surface area contributed by atoms with Gasteiger partial charge in [0.2, 0.25) is 0 Å². The van der Waals surface area contributed by atoms with Crippen molar-refractivity contribution in [3.8, 4) is 16.9 Å². The van der Waals surface area contributed by atoms with Crippen LogP contribution in [0.3, 0.4) is 0 Å². The highest BCUT2D eigenvalue weighted by Crippen LogP contribution is 2.35. The van der Waals surface area contributed by atoms with Crippen LogP contribution in [0.25, 0.3) is 11.1 Å². The molecule has 0 spiro atoms. The van der Waals surface area contributed by atoms with Crippen molar-refractivity contribution >= 4 is 17.9 Å². The van der Waals surface area contributed by atoms with Crippen molar-refractivity contribution < 1.29 is 19.4 Å². The molecule has 2 aromatic carbocycles. The Morgan fingerprint density at radius 3 is 2.64 bits per heavy atom. The summed E-state index contributed by atoms with van der Waals surface area (Å²) >= 11 is 0. The lowest BCUT2D eigenvalue weighted by molar-refractivity contribution is 0.0711. The van der Waals surface area contributed by atoms with Gasteiger partial charge >= 0.3 is 0 Å². The Bertz CT molecular complexity index is 1210. The van der Waals surface area contributed by atoms with E-state index in [2.05, 4.69) is 21.7 Å². The molecule has 0 radical (unpaired) electrons. The van der Waals surface area contributed by atoms with Crippen molar-refractivity contribution in [3.05, 3.63) is 77.1 Å². The molecule has 2 atom stereocenters. The van der Waals surface area contributed by atoms with Gasteiger partial charge < -0.3 is 20.5 Å². The van der Waals surface area contributed by atoms with Crippen LogP contribution >= 0.6 is 0 Å². The number of amides is 1. The van der Waals surface area contributed by atoms with E-state index in [0.29, 0.717) is 24.1 Å². The second-order valence-electron chi connectivity index (χ2n) is 9.27. The number of rotatable bonds is 9. The molecule has 1 unspecified atom stereocenters. The van der Waals surface area contributed by atoms with Gasteiger partial charge in [-0.15, -0.1) is 0 Å². The smallest absolute Gasteiger partial charge is 0.274 e. The molecule has 36 heavy (non-hydrogen) atoms. The van der Waals surface area contributed by atoms with Crippen molar-refractivity contribution in [1.29, 1.82) is 0 Å². The maximum Gasteiger partial charge on any atom is 0.274 e. The van der Waals surface area contributed by atoms with Gasteiger partial charge in [0.1, 0.15) is 11.4 Å². The Labute approximate surface area is 211 Å². The van der Waals surface area contributed by atoms with Gasteiger partial charge in [-0.2, -0.15) is 0 Å². The fourth-order valence-corrected chi connectivity index (χ4v) is 4.65. The first kappa shape index (κ1) is 25.5. The minimum Gasteiger partial charge on any atom is -0.493 e. The van der Waals surface area contributed by atoms with Crippen LogP contribution in [0.4, 0.5) is 5.69 Å². The molecule has 0 saturated carbocycles. The molecule has 7 nitrogen and oxygen atoms in total. The summed E-state index contributed by atoms with van der Waals surface area (Å²) in [7, 11) is 0. The highest BCUT2D eigenvalue weighted by Gasteiger charge is 2.22. The number of aliphatic hydroxyl groups is 1. The number of hydrogen-bond acceptors (Lipinski definition) is 6. The molecule has 1 fully saturated rings. The van der Waals surface area contributed by atoms with E-state index in [1.54, 1.807) is 6.07 Å². The highest BCUT2D eigenvalue weighted by atomic mass is 16.5. The molecule has 0 aliphatic carbocycles. The Balaban J connectivity index is 1.44. The molecule has 7 heteroatoms. The Morgan fingerprint density at radius 1 is 1.14 bits per heavy atom. The predicted octanol–water partition coefficient (Wildman–Crippen LogP) is 4.56. The summed E-state index contributed by atoms with van der Waals surface area (Å²) < 4.78 is 6.13. The molecule has 2 heterocycles. The number of benzene rings is 2. The number of nitrogens with zero attached hydrogens (tertiary/aromatic N) is 1. The zero-order valence-electron chi connectivity index (χ0n) is 20.8. The number of ether oxygens (including phenoxy) is 1. The molecular formula is C29H33N3O4. The van der Waals surface area contributed by atoms with E-state index in [1.165, 1.54) is 12.3 Å². The fraction of sp³-hybridized carbons (Fsp3) is 0.345. The van der Waals surface area contributed by atoms with E-state index in [1.807, 2.05) is 44.2 Å². The van der Waals surface area contributed by atoms with Crippen molar-refractivity contribution in [1.82, 2.24) is 10.3 Å². The topological polar surface area (TPSA) is 101 Å². The molecular weight excluding hydrogens is 454 g/mol. The molecule has 188 valence electrons. The first-order valence-electron chi connectivity index (χ1n) is 12.4. The van der Waals surface area contributed by atoms with Crippen LogP contribution < -0.4 is 15.4 Å². The van der Waals surface area contributed by atoms with E-state index in [-0.39, 0.29) is 23.6 Å². The number of nitrogens with one attached hydrogen (secondary N) is 2. The Morgan fingerprint density at radius 2 is 1.92 bits per heavy atom. The number of pyridine rings is 1. The van der Waals surface area contributed by atoms with Crippen molar-refractivity contribution in [2.75, 3.05) is 25.0 Å². The van der Waals surface area contributed by atoms with Crippen LogP contribution in [0, 0.1) is 19.8 Å². The van der Waals surface area contributed by atoms with Crippen molar-refractivity contribution in [2.24, 2.45) is 5.92 Å². The van der Waals surface area contributed by atoms with Crippen LogP contribution in [-0.2, 0) is 0 Å². The van der Waals surface area contributed by atoms with E-state index < -0.39 is 0 Å². The largest absolute Gasteiger partial charge is 0.493 e. The summed E-state index contributed by atoms with van der Waals surface area (Å²) in [6.07, 6.45) is 4.48. The van der Waals surface area contributed by atoms with Gasteiger partial charge in [-0.25, -0.2) is 0 Å². The monoisotopic (exact) mass is 487 g/mol. The molecule has 1 saturated heterocycles. The molecule has 3 aromatic rings. The number of aromatic nitrogens is 1. The minimum absolute atomic E-state index is 0.224. The number of piperidine rings is 1. The molecule has 4 rings (SSSR count). The maximum absolute atomic E-state index is 12.7. The average molecular weight is 488 g/mol. The van der Waals surface area contributed by atoms with Crippen LogP contribution in [0.1, 0.15) is 51.2 Å². The van der Waals surface area contributed by atoms with E-state index in [9.17, 15) is 14.7 Å². The lowest BCUT2D eigenvalue weighted by atomic mass is 9.92. The molecule has 1 amide bonds. The first-order valence-corrected chi connectivity index (χ1v) is 12.4. The lowest BCUT2D eigenvalue weighted by Crippen LogP contribution is -2.39. The van der Waals surface area contributed by atoms with Gasteiger partial charge in [0.25, 0.3) is 5.91 Å². The third-order valence-electron chi connectivity index (χ3n) is 6.86. The third kappa shape index (κ3) is 5.98. The third-order valence-corrected chi connectivity index (χ3v) is 6.86. The van der Waals surface area contributed by atoms with E-state index in [0.717, 1.165) is 60.4 Å². The average Bonchev–Trinajstić information content (AvgIpc) is 2.90. The predicted molar refractivity (Wildman–Crippen MR) is 141 cm³/mol. The molecule has 1 aliphatic rings. The Hall–Kier alpha value is -3.55. The minimum atomic E-state index is -0.334. The summed E-state index contributed by atoms with van der Waals surface area (Å²) in [6.45, 7) is 6.36. The number of aliphatic hydroxyl groups excluding tert-OH is 1. The van der Waals surface area contributed by atoms with Gasteiger partial charge in [0.15, 0.2) is 6.29 Å². The van der Waals surface area contributed by atoms with Crippen LogP contribution in [0.5, 0.6) is 5.75 Å². The Kier molecular flexibility index (Phi) is 8.46. The summed E-state index contributed by atoms with van der Waals surface area (Å²) in [4.78, 5) is 27.6. The SMILES string of the molecule is Cc1c(NC(=O)c2ccc(C=O)cn2)cccc1-c1cccc(OCCCC2CNCC[C@H]2O)c1C. The second kappa shape index (κ2) is 11.9. The molecule has 3 N–H and O–H groups in total. The maximum atomic E-state index is 12.7. The zero-order chi connectivity index (χ0) is 25.5. The summed E-state index contributed by atoms with van der Waals surface area (Å²) in [5.41, 5.74) is 5.39. The van der Waals surface area contributed by atoms with Crippen LogP contribution in [0.2, 0.25) is 0 Å². The number of carbonyl (C=O) groups is 2. The number of hydrogen-bond donors (Lipinski definition) is 3. The van der Waals surface area contributed by atoms with Gasteiger partial charge in [0, 0.05) is 24.0 Å². The van der Waals surface area contributed by atoms with E-state index >= 15 is 0 Å². The molecule has 1 aromatic heterocycles. The van der Waals surface area contributed by atoms with Crippen LogP contribution in [-0.4, -0.2) is 48.1 Å². The van der Waals surface area contributed by atoms with Gasteiger partial charge in [0.05, 0.1) is 12.7 Å². The highest BCUT2D eigenvalue weighted by molar-refractivity contribution is 6.04. The van der Waals surface area contributed by atoms with E-state index in [4.69, 9.17) is 4.74 Å². The van der Waals surface area contributed by atoms with Crippen molar-refractivity contribution in [3.63, 3.8) is 0 Å². The van der Waals surface area contributed by atoms with Gasteiger partial charge in [-0.05, 0) is 92.1 Å².